The molecule has 1 aliphatic heterocycles. The number of carbonyl (C=O) groups excluding carboxylic acids is 1. The molecule has 2 N–H and O–H groups in total. The monoisotopic (exact) mass is 360 g/mol. The maximum absolute atomic E-state index is 12.0. The predicted molar refractivity (Wildman–Crippen MR) is 95.9 cm³/mol. The number of urea groups is 1. The Morgan fingerprint density at radius 2 is 2.04 bits per heavy atom. The number of pyridine rings is 1. The highest BCUT2D eigenvalue weighted by molar-refractivity contribution is 5.89. The fraction of sp³-hybridized carbons (Fsp3) is 0.562. The van der Waals surface area contributed by atoms with E-state index in [9.17, 15) is 4.79 Å². The van der Waals surface area contributed by atoms with Gasteiger partial charge in [0.15, 0.2) is 5.82 Å². The second kappa shape index (κ2) is 7.65. The third-order valence-corrected chi connectivity index (χ3v) is 3.80. The molecule has 0 aromatic carbocycles. The molecule has 10 heteroatoms. The van der Waals surface area contributed by atoms with Gasteiger partial charge >= 0.3 is 6.03 Å². The van der Waals surface area contributed by atoms with Crippen LogP contribution in [0, 0.1) is 0 Å². The molecule has 3 heterocycles. The molecule has 0 spiro atoms. The second-order valence-corrected chi connectivity index (χ2v) is 6.98. The number of aromatic nitrogens is 5. The second-order valence-electron chi connectivity index (χ2n) is 6.98. The predicted octanol–water partition coefficient (Wildman–Crippen LogP) is 0.981. The molecule has 26 heavy (non-hydrogen) atoms. The number of tetrazole rings is 1. The van der Waals surface area contributed by atoms with Gasteiger partial charge in [0.2, 0.25) is 0 Å². The molecular formula is C16H24N8O2. The van der Waals surface area contributed by atoms with Crippen LogP contribution in [-0.2, 0) is 16.8 Å². The van der Waals surface area contributed by atoms with Crippen LogP contribution in [0.3, 0.4) is 0 Å². The van der Waals surface area contributed by atoms with E-state index < -0.39 is 0 Å². The van der Waals surface area contributed by atoms with E-state index in [2.05, 4.69) is 35.9 Å². The fourth-order valence-electron chi connectivity index (χ4n) is 2.37. The van der Waals surface area contributed by atoms with Crippen molar-refractivity contribution < 1.29 is 9.53 Å². The van der Waals surface area contributed by atoms with Gasteiger partial charge in [0.1, 0.15) is 5.82 Å². The number of nitrogens with zero attached hydrogens (tertiary/aromatic N) is 6. The highest BCUT2D eigenvalue weighted by Crippen LogP contribution is 2.15. The molecule has 0 atom stereocenters. The zero-order chi connectivity index (χ0) is 18.6. The maximum Gasteiger partial charge on any atom is 0.319 e. The van der Waals surface area contributed by atoms with E-state index in [0.29, 0.717) is 24.7 Å². The Bertz CT molecular complexity index is 731. The van der Waals surface area contributed by atoms with Crippen LogP contribution in [0.4, 0.5) is 16.3 Å². The SMILES string of the molecule is CC(C)(C)n1nnc(CNC(=O)Nc2ccc(N3CCOCC3)nc2)n1. The summed E-state index contributed by atoms with van der Waals surface area (Å²) in [6, 6.07) is 3.36. The summed E-state index contributed by atoms with van der Waals surface area (Å²) in [7, 11) is 0. The number of hydrogen-bond acceptors (Lipinski definition) is 7. The summed E-state index contributed by atoms with van der Waals surface area (Å²) in [5.41, 5.74) is 0.368. The summed E-state index contributed by atoms with van der Waals surface area (Å²) in [6.45, 7) is 9.19. The van der Waals surface area contributed by atoms with Crippen LogP contribution in [0.25, 0.3) is 0 Å². The maximum atomic E-state index is 12.0. The molecule has 140 valence electrons. The quantitative estimate of drug-likeness (QED) is 0.836. The Labute approximate surface area is 151 Å². The molecule has 0 bridgehead atoms. The van der Waals surface area contributed by atoms with E-state index in [4.69, 9.17) is 4.74 Å². The van der Waals surface area contributed by atoms with E-state index in [1.54, 1.807) is 6.20 Å². The number of ether oxygens (including phenoxy) is 1. The van der Waals surface area contributed by atoms with E-state index >= 15 is 0 Å². The van der Waals surface area contributed by atoms with E-state index in [-0.39, 0.29) is 18.1 Å². The lowest BCUT2D eigenvalue weighted by Crippen LogP contribution is -2.36. The van der Waals surface area contributed by atoms with Gasteiger partial charge in [-0.25, -0.2) is 9.78 Å². The molecule has 0 aliphatic carbocycles. The molecular weight excluding hydrogens is 336 g/mol. The number of rotatable bonds is 4. The molecule has 1 fully saturated rings. The zero-order valence-corrected chi connectivity index (χ0v) is 15.3. The number of hydrogen-bond donors (Lipinski definition) is 2. The molecule has 1 aliphatic rings. The summed E-state index contributed by atoms with van der Waals surface area (Å²) < 4.78 is 5.33. The van der Waals surface area contributed by atoms with Crippen molar-refractivity contribution in [1.29, 1.82) is 0 Å². The zero-order valence-electron chi connectivity index (χ0n) is 15.3. The molecule has 0 radical (unpaired) electrons. The number of morpholine rings is 1. The summed E-state index contributed by atoms with van der Waals surface area (Å²) in [4.78, 5) is 20.1. The van der Waals surface area contributed by atoms with Crippen LogP contribution in [-0.4, -0.2) is 57.5 Å². The van der Waals surface area contributed by atoms with Crippen molar-refractivity contribution in [1.82, 2.24) is 30.5 Å². The molecule has 0 saturated carbocycles. The lowest BCUT2D eigenvalue weighted by molar-refractivity contribution is 0.122. The van der Waals surface area contributed by atoms with Crippen molar-refractivity contribution in [2.45, 2.75) is 32.9 Å². The van der Waals surface area contributed by atoms with Gasteiger partial charge in [0.25, 0.3) is 0 Å². The largest absolute Gasteiger partial charge is 0.378 e. The molecule has 2 amide bonds. The minimum Gasteiger partial charge on any atom is -0.378 e. The van der Waals surface area contributed by atoms with Gasteiger partial charge in [-0.05, 0) is 38.1 Å². The molecule has 2 aromatic rings. The van der Waals surface area contributed by atoms with Crippen molar-refractivity contribution in [2.24, 2.45) is 0 Å². The summed E-state index contributed by atoms with van der Waals surface area (Å²) in [6.07, 6.45) is 1.64. The molecule has 3 rings (SSSR count). The minimum absolute atomic E-state index is 0.196. The summed E-state index contributed by atoms with van der Waals surface area (Å²) in [5.74, 6) is 1.33. The third kappa shape index (κ3) is 4.66. The molecule has 10 nitrogen and oxygen atoms in total. The first kappa shape index (κ1) is 18.1. The summed E-state index contributed by atoms with van der Waals surface area (Å²) in [5, 5.41) is 17.6. The van der Waals surface area contributed by atoms with Crippen molar-refractivity contribution in [3.05, 3.63) is 24.2 Å². The summed E-state index contributed by atoms with van der Waals surface area (Å²) >= 11 is 0. The first-order valence-electron chi connectivity index (χ1n) is 8.55. The highest BCUT2D eigenvalue weighted by atomic mass is 16.5. The van der Waals surface area contributed by atoms with E-state index in [0.717, 1.165) is 18.9 Å². The molecule has 2 aromatic heterocycles. The van der Waals surface area contributed by atoms with Crippen LogP contribution in [0.2, 0.25) is 0 Å². The van der Waals surface area contributed by atoms with Gasteiger partial charge in [-0.3, -0.25) is 0 Å². The van der Waals surface area contributed by atoms with Gasteiger partial charge in [-0.1, -0.05) is 0 Å². The standard InChI is InChI=1S/C16H24N8O2/c1-16(2,3)24-21-13(20-22-24)11-18-15(25)19-12-4-5-14(17-10-12)23-6-8-26-9-7-23/h4-5,10H,6-9,11H2,1-3H3,(H2,18,19,25). The lowest BCUT2D eigenvalue weighted by Gasteiger charge is -2.27. The van der Waals surface area contributed by atoms with Crippen LogP contribution in [0.15, 0.2) is 18.3 Å². The Kier molecular flexibility index (Phi) is 5.31. The normalized spacial score (nSPS) is 15.0. The van der Waals surface area contributed by atoms with Crippen LogP contribution in [0.5, 0.6) is 0 Å². The first-order valence-corrected chi connectivity index (χ1v) is 8.55. The van der Waals surface area contributed by atoms with Crippen molar-refractivity contribution in [2.75, 3.05) is 36.5 Å². The van der Waals surface area contributed by atoms with E-state index in [1.807, 2.05) is 32.9 Å². The third-order valence-electron chi connectivity index (χ3n) is 3.80. The Morgan fingerprint density at radius 1 is 1.27 bits per heavy atom. The van der Waals surface area contributed by atoms with Gasteiger partial charge in [0, 0.05) is 13.1 Å². The van der Waals surface area contributed by atoms with Gasteiger partial charge in [-0.15, -0.1) is 10.2 Å². The fourth-order valence-corrected chi connectivity index (χ4v) is 2.37. The lowest BCUT2D eigenvalue weighted by atomic mass is 10.1. The Hall–Kier alpha value is -2.75. The number of anilines is 2. The molecule has 0 unspecified atom stereocenters. The topological polar surface area (TPSA) is 110 Å². The van der Waals surface area contributed by atoms with Crippen LogP contribution in [0.1, 0.15) is 26.6 Å². The van der Waals surface area contributed by atoms with Gasteiger partial charge in [-0.2, -0.15) is 4.80 Å². The molecule has 1 saturated heterocycles. The highest BCUT2D eigenvalue weighted by Gasteiger charge is 2.17. The number of nitrogens with one attached hydrogen (secondary N) is 2. The van der Waals surface area contributed by atoms with Gasteiger partial charge < -0.3 is 20.3 Å². The Morgan fingerprint density at radius 3 is 2.65 bits per heavy atom. The van der Waals surface area contributed by atoms with Crippen LogP contribution >= 0.6 is 0 Å². The smallest absolute Gasteiger partial charge is 0.319 e. The Balaban J connectivity index is 1.49. The van der Waals surface area contributed by atoms with Gasteiger partial charge in [0.05, 0.1) is 37.2 Å². The average Bonchev–Trinajstić information content (AvgIpc) is 3.11. The van der Waals surface area contributed by atoms with Crippen molar-refractivity contribution >= 4 is 17.5 Å². The average molecular weight is 360 g/mol. The van der Waals surface area contributed by atoms with Crippen LogP contribution < -0.4 is 15.5 Å². The van der Waals surface area contributed by atoms with Crippen molar-refractivity contribution in [3.8, 4) is 0 Å². The first-order chi connectivity index (χ1) is 12.4. The minimum atomic E-state index is -0.349. The number of amides is 2. The van der Waals surface area contributed by atoms with E-state index in [1.165, 1.54) is 4.80 Å². The van der Waals surface area contributed by atoms with Crippen molar-refractivity contribution in [3.63, 3.8) is 0 Å². The number of carbonyl (C=O) groups is 1.